The Morgan fingerprint density at radius 3 is 2.79 bits per heavy atom. The lowest BCUT2D eigenvalue weighted by Crippen LogP contribution is -2.64. The van der Waals surface area contributed by atoms with E-state index in [2.05, 4.69) is 38.1 Å². The molecule has 1 amide bonds. The smallest absolute Gasteiger partial charge is 0.345 e. The van der Waals surface area contributed by atoms with Gasteiger partial charge in [0, 0.05) is 0 Å². The first kappa shape index (κ1) is 17.8. The molecule has 11 nitrogen and oxygen atoms in total. The van der Waals surface area contributed by atoms with E-state index in [9.17, 15) is 9.36 Å². The second kappa shape index (κ2) is 6.35. The van der Waals surface area contributed by atoms with Crippen molar-refractivity contribution >= 4 is 49.2 Å². The molecule has 0 bridgehead atoms. The lowest BCUT2D eigenvalue weighted by atomic mass is 10.0. The molecule has 3 heterocycles. The number of phosphoric acid groups is 1. The quantitative estimate of drug-likeness (QED) is 0.156. The van der Waals surface area contributed by atoms with Crippen LogP contribution < -0.4 is 21.7 Å². The number of thiocarbonyl (C=S) groups is 1. The van der Waals surface area contributed by atoms with Gasteiger partial charge in [0.05, 0.1) is 16.7 Å². The van der Waals surface area contributed by atoms with Gasteiger partial charge in [-0.15, -0.1) is 0 Å². The number of carbonyl (C=O) groups excluding carboxylic acids is 1. The fourth-order valence-electron chi connectivity index (χ4n) is 2.33. The highest BCUT2D eigenvalue weighted by Gasteiger charge is 2.43. The molecule has 0 aromatic rings. The maximum atomic E-state index is 11.9. The molecule has 132 valence electrons. The molecule has 4 atom stereocenters. The first-order chi connectivity index (χ1) is 11.2. The summed E-state index contributed by atoms with van der Waals surface area (Å²) in [6.45, 7) is -0.413. The number of phosphoric ester groups is 1. The monoisotopic (exact) mass is 395 g/mol. The van der Waals surface area contributed by atoms with Gasteiger partial charge in [0.25, 0.3) is 5.91 Å². The highest BCUT2D eigenvalue weighted by atomic mass is 32.1. The van der Waals surface area contributed by atoms with Gasteiger partial charge in [-0.25, -0.2) is 9.56 Å². The molecule has 0 spiro atoms. The van der Waals surface area contributed by atoms with Crippen LogP contribution in [-0.4, -0.2) is 56.7 Å². The van der Waals surface area contributed by atoms with Gasteiger partial charge in [0.15, 0.2) is 18.2 Å². The Morgan fingerprint density at radius 1 is 1.42 bits per heavy atom. The van der Waals surface area contributed by atoms with Gasteiger partial charge in [-0.1, -0.05) is 12.2 Å². The fourth-order valence-corrected chi connectivity index (χ4v) is 3.27. The van der Waals surface area contributed by atoms with E-state index in [1.807, 2.05) is 0 Å². The zero-order chi connectivity index (χ0) is 17.6. The highest BCUT2D eigenvalue weighted by molar-refractivity contribution is 7.88. The van der Waals surface area contributed by atoms with Crippen molar-refractivity contribution in [2.24, 2.45) is 10.7 Å². The first-order valence-corrected chi connectivity index (χ1v) is 9.11. The minimum Gasteiger partial charge on any atom is -0.345 e. The summed E-state index contributed by atoms with van der Waals surface area (Å²) in [5, 5.41) is 7.46. The van der Waals surface area contributed by atoms with E-state index in [-0.39, 0.29) is 16.4 Å². The Bertz CT molecular complexity index is 708. The van der Waals surface area contributed by atoms with Crippen LogP contribution >= 0.6 is 32.7 Å². The van der Waals surface area contributed by atoms with E-state index in [0.717, 1.165) is 0 Å². The van der Waals surface area contributed by atoms with Crippen LogP contribution in [0.2, 0.25) is 0 Å². The van der Waals surface area contributed by atoms with Gasteiger partial charge >= 0.3 is 7.82 Å². The van der Waals surface area contributed by atoms with Crippen molar-refractivity contribution in [1.29, 1.82) is 0 Å². The largest absolute Gasteiger partial charge is 0.469 e. The van der Waals surface area contributed by atoms with Gasteiger partial charge in [-0.05, 0) is 0 Å². The second-order valence-electron chi connectivity index (χ2n) is 5.11. The topological polar surface area (TPSA) is 168 Å². The van der Waals surface area contributed by atoms with Crippen LogP contribution in [0.4, 0.5) is 0 Å². The van der Waals surface area contributed by atoms with E-state index in [1.54, 1.807) is 0 Å². The number of thiol groups is 1. The van der Waals surface area contributed by atoms with E-state index in [1.165, 1.54) is 0 Å². The number of carbonyl (C=O) groups is 1. The van der Waals surface area contributed by atoms with Crippen LogP contribution in [0.1, 0.15) is 0 Å². The van der Waals surface area contributed by atoms with Crippen LogP contribution in [-0.2, 0) is 18.6 Å². The van der Waals surface area contributed by atoms with Crippen molar-refractivity contribution < 1.29 is 28.4 Å². The third kappa shape index (κ3) is 3.48. The molecule has 14 heteroatoms. The Morgan fingerprint density at radius 2 is 2.12 bits per heavy atom. The summed E-state index contributed by atoms with van der Waals surface area (Å²) in [5.74, 6) is -0.199. The SMILES string of the molecule is NC1NC(=O)C2=C(N1)N[C@@H]1O[C@H](COP(=O)(O)O)C(S)C(=S)C1=N2. The van der Waals surface area contributed by atoms with Crippen molar-refractivity contribution in [3.05, 3.63) is 11.5 Å². The van der Waals surface area contributed by atoms with Gasteiger partial charge in [-0.3, -0.25) is 15.1 Å². The Hall–Kier alpha value is -1.05. The zero-order valence-corrected chi connectivity index (χ0v) is 14.5. The molecule has 24 heavy (non-hydrogen) atoms. The number of nitrogens with zero attached hydrogens (tertiary/aromatic N) is 1. The minimum atomic E-state index is -4.65. The van der Waals surface area contributed by atoms with Crippen molar-refractivity contribution in [2.45, 2.75) is 23.9 Å². The zero-order valence-electron chi connectivity index (χ0n) is 11.9. The maximum absolute atomic E-state index is 11.9. The molecule has 0 aliphatic carbocycles. The van der Waals surface area contributed by atoms with Crippen molar-refractivity contribution in [3.63, 3.8) is 0 Å². The van der Waals surface area contributed by atoms with E-state index >= 15 is 0 Å². The molecule has 1 fully saturated rings. The summed E-state index contributed by atoms with van der Waals surface area (Å²) in [6, 6.07) is 0. The number of nitrogens with two attached hydrogens (primary N) is 1. The molecule has 3 rings (SSSR count). The molecular formula is C10H14N5O6PS2. The standard InChI is InChI=1S/C10H14N5O6PS2/c11-10-14-7-4(8(16)15-10)12-3-6(24)5(23)2(21-9(3)13-7)1-20-22(17,18)19/h2,5,9-10,13-14,23H,1,11H2,(H,15,16)(H2,17,18,19)/t2-,5?,9-,10?/m1/s1. The summed E-state index contributed by atoms with van der Waals surface area (Å²) in [5.41, 5.74) is 6.00. The summed E-state index contributed by atoms with van der Waals surface area (Å²) >= 11 is 9.58. The maximum Gasteiger partial charge on any atom is 0.469 e. The lowest BCUT2D eigenvalue weighted by Gasteiger charge is -2.40. The Balaban J connectivity index is 1.82. The van der Waals surface area contributed by atoms with Crippen LogP contribution in [0, 0.1) is 0 Å². The average Bonchev–Trinajstić information content (AvgIpc) is 2.47. The number of rotatable bonds is 3. The second-order valence-corrected chi connectivity index (χ2v) is 7.35. The number of fused-ring (bicyclic) bond motifs is 1. The number of amides is 1. The number of ether oxygens (including phenoxy) is 1. The summed E-state index contributed by atoms with van der Waals surface area (Å²) < 4.78 is 21.0. The molecule has 0 aromatic carbocycles. The minimum absolute atomic E-state index is 0.0827. The third-order valence-electron chi connectivity index (χ3n) is 3.39. The van der Waals surface area contributed by atoms with Gasteiger partial charge < -0.3 is 30.5 Å². The first-order valence-electron chi connectivity index (χ1n) is 6.66. The van der Waals surface area contributed by atoms with Crippen molar-refractivity contribution in [2.75, 3.05) is 6.61 Å². The molecule has 3 aliphatic rings. The van der Waals surface area contributed by atoms with Crippen molar-refractivity contribution in [1.82, 2.24) is 16.0 Å². The highest BCUT2D eigenvalue weighted by Crippen LogP contribution is 2.37. The summed E-state index contributed by atoms with van der Waals surface area (Å²) in [4.78, 5) is 34.0. The number of nitrogens with one attached hydrogen (secondary N) is 3. The lowest BCUT2D eigenvalue weighted by molar-refractivity contribution is -0.119. The molecule has 0 radical (unpaired) electrons. The van der Waals surface area contributed by atoms with Gasteiger partial charge in [0.1, 0.15) is 17.6 Å². The van der Waals surface area contributed by atoms with E-state index < -0.39 is 44.2 Å². The van der Waals surface area contributed by atoms with Gasteiger partial charge in [-0.2, -0.15) is 12.6 Å². The van der Waals surface area contributed by atoms with Crippen LogP contribution in [0.25, 0.3) is 0 Å². The molecule has 7 N–H and O–H groups in total. The van der Waals surface area contributed by atoms with E-state index in [4.69, 9.17) is 32.5 Å². The Labute approximate surface area is 146 Å². The molecule has 0 saturated carbocycles. The molecule has 0 aromatic heterocycles. The summed E-state index contributed by atoms with van der Waals surface area (Å²) in [7, 11) is -4.65. The molecular weight excluding hydrogens is 381 g/mol. The van der Waals surface area contributed by atoms with E-state index in [0.29, 0.717) is 5.71 Å². The predicted molar refractivity (Wildman–Crippen MR) is 88.9 cm³/mol. The Kier molecular flexibility index (Phi) is 4.70. The van der Waals surface area contributed by atoms with Gasteiger partial charge in [0.2, 0.25) is 0 Å². The fraction of sp³-hybridized carbons (Fsp3) is 0.500. The van der Waals surface area contributed by atoms with Crippen LogP contribution in [0.5, 0.6) is 0 Å². The van der Waals surface area contributed by atoms with Crippen LogP contribution in [0.3, 0.4) is 0 Å². The van der Waals surface area contributed by atoms with Crippen LogP contribution in [0.15, 0.2) is 16.5 Å². The average molecular weight is 395 g/mol. The molecule has 1 saturated heterocycles. The molecule has 3 aliphatic heterocycles. The number of hydrogen-bond acceptors (Lipinski definition) is 10. The third-order valence-corrected chi connectivity index (χ3v) is 5.10. The number of aliphatic imine (C=N–C) groups is 1. The predicted octanol–water partition coefficient (Wildman–Crippen LogP) is -2.34. The number of hydrogen-bond donors (Lipinski definition) is 7. The normalized spacial score (nSPS) is 32.9. The molecule has 2 unspecified atom stereocenters. The summed E-state index contributed by atoms with van der Waals surface area (Å²) in [6.07, 6.45) is -2.43. The van der Waals surface area contributed by atoms with Crippen molar-refractivity contribution in [3.8, 4) is 0 Å².